The fourth-order valence-corrected chi connectivity index (χ4v) is 3.14. The maximum Gasteiger partial charge on any atom is 0.169 e. The van der Waals surface area contributed by atoms with Crippen molar-refractivity contribution in [1.29, 1.82) is 0 Å². The van der Waals surface area contributed by atoms with E-state index in [0.29, 0.717) is 11.7 Å². The van der Waals surface area contributed by atoms with Crippen LogP contribution in [0, 0.1) is 11.8 Å². The molecule has 0 bridgehead atoms. The van der Waals surface area contributed by atoms with Gasteiger partial charge in [0.05, 0.1) is 12.2 Å². The maximum absolute atomic E-state index is 12.5. The number of hydrogen-bond acceptors (Lipinski definition) is 2. The Morgan fingerprint density at radius 1 is 1.35 bits per heavy atom. The smallest absolute Gasteiger partial charge is 0.169 e. The molecule has 1 fully saturated rings. The van der Waals surface area contributed by atoms with Crippen molar-refractivity contribution in [2.45, 2.75) is 32.6 Å². The summed E-state index contributed by atoms with van der Waals surface area (Å²) >= 11 is 0. The molecular weight excluding hydrogens is 212 g/mol. The van der Waals surface area contributed by atoms with E-state index in [9.17, 15) is 4.79 Å². The highest BCUT2D eigenvalue weighted by molar-refractivity contribution is 6.01. The molecule has 1 aromatic carbocycles. The van der Waals surface area contributed by atoms with Crippen molar-refractivity contribution < 1.29 is 9.53 Å². The number of Topliss-reactive ketones (excluding diaryl/α,β-unsaturated/α-hetero) is 1. The molecule has 2 unspecified atom stereocenters. The molecule has 2 aliphatic rings. The first-order valence-electron chi connectivity index (χ1n) is 6.56. The predicted octanol–water partition coefficient (Wildman–Crippen LogP) is 3.24. The van der Waals surface area contributed by atoms with Crippen LogP contribution in [0.15, 0.2) is 18.2 Å². The molecular formula is C15H18O2. The number of carbonyl (C=O) groups is 1. The Kier molecular flexibility index (Phi) is 2.65. The molecule has 17 heavy (non-hydrogen) atoms. The minimum absolute atomic E-state index is 0.214. The molecule has 2 heteroatoms. The van der Waals surface area contributed by atoms with Crippen LogP contribution in [0.1, 0.15) is 42.1 Å². The molecule has 3 rings (SSSR count). The largest absolute Gasteiger partial charge is 0.492 e. The summed E-state index contributed by atoms with van der Waals surface area (Å²) in [4.78, 5) is 12.5. The van der Waals surface area contributed by atoms with Crippen LogP contribution in [0.5, 0.6) is 5.75 Å². The van der Waals surface area contributed by atoms with E-state index in [1.165, 1.54) is 18.4 Å². The van der Waals surface area contributed by atoms with Crippen LogP contribution >= 0.6 is 0 Å². The van der Waals surface area contributed by atoms with E-state index in [4.69, 9.17) is 4.74 Å². The molecule has 1 heterocycles. The van der Waals surface area contributed by atoms with E-state index in [1.54, 1.807) is 0 Å². The number of fused-ring (bicyclic) bond motifs is 1. The van der Waals surface area contributed by atoms with Crippen LogP contribution in [0.25, 0.3) is 0 Å². The lowest BCUT2D eigenvalue weighted by atomic mass is 9.88. The minimum Gasteiger partial charge on any atom is -0.492 e. The molecule has 1 aliphatic heterocycles. The van der Waals surface area contributed by atoms with Crippen LogP contribution < -0.4 is 4.74 Å². The van der Waals surface area contributed by atoms with E-state index in [2.05, 4.69) is 13.0 Å². The third-order valence-electron chi connectivity index (χ3n) is 4.18. The first-order valence-corrected chi connectivity index (χ1v) is 6.56. The molecule has 0 saturated heterocycles. The lowest BCUT2D eigenvalue weighted by molar-refractivity contribution is 0.0894. The molecule has 0 radical (unpaired) electrons. The Labute approximate surface area is 102 Å². The van der Waals surface area contributed by atoms with E-state index >= 15 is 0 Å². The second kappa shape index (κ2) is 4.17. The number of ether oxygens (including phenoxy) is 1. The topological polar surface area (TPSA) is 26.3 Å². The molecule has 0 aromatic heterocycles. The Morgan fingerprint density at radius 2 is 2.24 bits per heavy atom. The molecule has 90 valence electrons. The molecule has 0 amide bonds. The van der Waals surface area contributed by atoms with Gasteiger partial charge in [-0.15, -0.1) is 0 Å². The van der Waals surface area contributed by atoms with Crippen LogP contribution in [-0.2, 0) is 6.42 Å². The molecule has 0 N–H and O–H groups in total. The number of hydrogen-bond donors (Lipinski definition) is 0. The molecule has 2 nitrogen and oxygen atoms in total. The van der Waals surface area contributed by atoms with E-state index in [0.717, 1.165) is 30.8 Å². The summed E-state index contributed by atoms with van der Waals surface area (Å²) in [5, 5.41) is 0. The highest BCUT2D eigenvalue weighted by Crippen LogP contribution is 2.37. The van der Waals surface area contributed by atoms with Gasteiger partial charge in [0.2, 0.25) is 0 Å². The quantitative estimate of drug-likeness (QED) is 0.729. The van der Waals surface area contributed by atoms with E-state index < -0.39 is 0 Å². The van der Waals surface area contributed by atoms with Gasteiger partial charge in [-0.3, -0.25) is 4.79 Å². The number of para-hydroxylation sites is 1. The standard InChI is InChI=1S/C15H18O2/c1-10-4-2-6-12(10)14(16)13-7-3-5-11-8-9-17-15(11)13/h3,5,7,10,12H,2,4,6,8-9H2,1H3. The van der Waals surface area contributed by atoms with Crippen LogP contribution in [-0.4, -0.2) is 12.4 Å². The SMILES string of the molecule is CC1CCCC1C(=O)c1cccc2c1OCC2. The lowest BCUT2D eigenvalue weighted by Crippen LogP contribution is -2.17. The van der Waals surface area contributed by atoms with E-state index in [-0.39, 0.29) is 5.92 Å². The van der Waals surface area contributed by atoms with Crippen molar-refractivity contribution in [2.75, 3.05) is 6.61 Å². The lowest BCUT2D eigenvalue weighted by Gasteiger charge is -2.15. The first kappa shape index (κ1) is 10.8. The van der Waals surface area contributed by atoms with Gasteiger partial charge in [0.25, 0.3) is 0 Å². The predicted molar refractivity (Wildman–Crippen MR) is 66.5 cm³/mol. The minimum atomic E-state index is 0.214. The average molecular weight is 230 g/mol. The van der Waals surface area contributed by atoms with Gasteiger partial charge in [0.15, 0.2) is 5.78 Å². The molecule has 2 atom stereocenters. The highest BCUT2D eigenvalue weighted by atomic mass is 16.5. The van der Waals surface area contributed by atoms with Crippen molar-refractivity contribution >= 4 is 5.78 Å². The highest BCUT2D eigenvalue weighted by Gasteiger charge is 2.32. The molecule has 1 saturated carbocycles. The zero-order chi connectivity index (χ0) is 11.8. The number of benzene rings is 1. The number of rotatable bonds is 2. The summed E-state index contributed by atoms with van der Waals surface area (Å²) in [6, 6.07) is 5.98. The van der Waals surface area contributed by atoms with Crippen molar-refractivity contribution in [1.82, 2.24) is 0 Å². The van der Waals surface area contributed by atoms with Gasteiger partial charge < -0.3 is 4.74 Å². The summed E-state index contributed by atoms with van der Waals surface area (Å²) in [5.74, 6) is 1.90. The number of ketones is 1. The monoisotopic (exact) mass is 230 g/mol. The third kappa shape index (κ3) is 1.76. The summed E-state index contributed by atoms with van der Waals surface area (Å²) in [7, 11) is 0. The van der Waals surface area contributed by atoms with Gasteiger partial charge in [-0.05, 0) is 30.4 Å². The van der Waals surface area contributed by atoms with Crippen LogP contribution in [0.4, 0.5) is 0 Å². The second-order valence-corrected chi connectivity index (χ2v) is 5.27. The molecule has 1 aliphatic carbocycles. The Bertz CT molecular complexity index is 450. The summed E-state index contributed by atoms with van der Waals surface area (Å²) in [6.45, 7) is 2.92. The maximum atomic E-state index is 12.5. The van der Waals surface area contributed by atoms with Crippen molar-refractivity contribution in [3.05, 3.63) is 29.3 Å². The van der Waals surface area contributed by atoms with E-state index in [1.807, 2.05) is 12.1 Å². The Balaban J connectivity index is 1.94. The van der Waals surface area contributed by atoms with Crippen LogP contribution in [0.2, 0.25) is 0 Å². The van der Waals surface area contributed by atoms with Crippen molar-refractivity contribution in [3.8, 4) is 5.75 Å². The van der Waals surface area contributed by atoms with Gasteiger partial charge in [-0.2, -0.15) is 0 Å². The second-order valence-electron chi connectivity index (χ2n) is 5.27. The van der Waals surface area contributed by atoms with Crippen molar-refractivity contribution in [2.24, 2.45) is 11.8 Å². The molecule has 1 aromatic rings. The average Bonchev–Trinajstić information content (AvgIpc) is 2.95. The van der Waals surface area contributed by atoms with Gasteiger partial charge >= 0.3 is 0 Å². The van der Waals surface area contributed by atoms with Crippen LogP contribution in [0.3, 0.4) is 0 Å². The summed E-state index contributed by atoms with van der Waals surface area (Å²) in [5.41, 5.74) is 2.01. The van der Waals surface area contributed by atoms with Gasteiger partial charge in [0.1, 0.15) is 5.75 Å². The zero-order valence-electron chi connectivity index (χ0n) is 10.2. The fraction of sp³-hybridized carbons (Fsp3) is 0.533. The first-order chi connectivity index (χ1) is 8.27. The van der Waals surface area contributed by atoms with Gasteiger partial charge in [-0.1, -0.05) is 25.5 Å². The fourth-order valence-electron chi connectivity index (χ4n) is 3.14. The van der Waals surface area contributed by atoms with Gasteiger partial charge in [0, 0.05) is 12.3 Å². The normalized spacial score (nSPS) is 26.6. The van der Waals surface area contributed by atoms with Gasteiger partial charge in [-0.25, -0.2) is 0 Å². The Morgan fingerprint density at radius 3 is 3.00 bits per heavy atom. The number of carbonyl (C=O) groups excluding carboxylic acids is 1. The third-order valence-corrected chi connectivity index (χ3v) is 4.18. The summed E-state index contributed by atoms with van der Waals surface area (Å²) in [6.07, 6.45) is 4.36. The Hall–Kier alpha value is -1.31. The van der Waals surface area contributed by atoms with Crippen molar-refractivity contribution in [3.63, 3.8) is 0 Å². The zero-order valence-corrected chi connectivity index (χ0v) is 10.2. The summed E-state index contributed by atoms with van der Waals surface area (Å²) < 4.78 is 5.62. The molecule has 0 spiro atoms.